The number of hydrogen-bond acceptors (Lipinski definition) is 5. The van der Waals surface area contributed by atoms with Crippen molar-refractivity contribution in [3.05, 3.63) is 63.9 Å². The molecule has 0 radical (unpaired) electrons. The highest BCUT2D eigenvalue weighted by atomic mass is 35.5. The van der Waals surface area contributed by atoms with Gasteiger partial charge in [0.25, 0.3) is 11.8 Å². The number of pyridine rings is 1. The number of aliphatic hydroxyl groups excluding tert-OH is 1. The van der Waals surface area contributed by atoms with Crippen LogP contribution in [0.1, 0.15) is 27.6 Å². The zero-order valence-corrected chi connectivity index (χ0v) is 16.7. The number of aromatic nitrogens is 1. The summed E-state index contributed by atoms with van der Waals surface area (Å²) >= 11 is 11.7. The molecule has 0 spiro atoms. The van der Waals surface area contributed by atoms with Gasteiger partial charge in [-0.15, -0.1) is 0 Å². The smallest absolute Gasteiger partial charge is 0.254 e. The van der Waals surface area contributed by atoms with Crippen molar-refractivity contribution < 1.29 is 19.4 Å². The van der Waals surface area contributed by atoms with Crippen LogP contribution in [0, 0.1) is 0 Å². The largest absolute Gasteiger partial charge is 0.388 e. The zero-order chi connectivity index (χ0) is 20.5. The minimum atomic E-state index is -1.02. The molecule has 2 rings (SSSR count). The normalized spacial score (nSPS) is 12.9. The van der Waals surface area contributed by atoms with Crippen LogP contribution in [0.2, 0.25) is 10.2 Å². The summed E-state index contributed by atoms with van der Waals surface area (Å²) in [4.78, 5) is 28.2. The minimum Gasteiger partial charge on any atom is -0.388 e. The molecule has 1 heterocycles. The van der Waals surface area contributed by atoms with Crippen LogP contribution in [0.3, 0.4) is 0 Å². The van der Waals surface area contributed by atoms with Crippen LogP contribution in [-0.4, -0.2) is 53.8 Å². The predicted octanol–water partition coefficient (Wildman–Crippen LogP) is 2.31. The number of nitrogens with one attached hydrogen (secondary N) is 2. The molecule has 7 nitrogen and oxygen atoms in total. The molecule has 2 atom stereocenters. The summed E-state index contributed by atoms with van der Waals surface area (Å²) in [6.45, 7) is 2.09. The molecular formula is C19H21Cl2N3O4. The Balaban J connectivity index is 1.90. The zero-order valence-electron chi connectivity index (χ0n) is 15.2. The van der Waals surface area contributed by atoms with Gasteiger partial charge in [-0.05, 0) is 25.1 Å². The molecule has 2 aromatic rings. The van der Waals surface area contributed by atoms with Gasteiger partial charge in [-0.2, -0.15) is 0 Å². The molecule has 9 heteroatoms. The van der Waals surface area contributed by atoms with Gasteiger partial charge in [0.15, 0.2) is 0 Å². The number of halogens is 2. The van der Waals surface area contributed by atoms with Crippen LogP contribution in [-0.2, 0) is 4.74 Å². The Morgan fingerprint density at radius 2 is 1.82 bits per heavy atom. The van der Waals surface area contributed by atoms with Crippen LogP contribution in [0.5, 0.6) is 0 Å². The van der Waals surface area contributed by atoms with E-state index in [4.69, 9.17) is 27.9 Å². The van der Waals surface area contributed by atoms with Gasteiger partial charge < -0.3 is 20.5 Å². The average Bonchev–Trinajstić information content (AvgIpc) is 2.69. The maximum Gasteiger partial charge on any atom is 0.254 e. The van der Waals surface area contributed by atoms with Gasteiger partial charge in [0.2, 0.25) is 0 Å². The van der Waals surface area contributed by atoms with Gasteiger partial charge in [-0.25, -0.2) is 4.98 Å². The van der Waals surface area contributed by atoms with Crippen molar-refractivity contribution in [3.63, 3.8) is 0 Å². The second-order valence-corrected chi connectivity index (χ2v) is 6.63. The Hall–Kier alpha value is -2.19. The molecule has 0 fully saturated rings. The lowest BCUT2D eigenvalue weighted by atomic mass is 10.1. The summed E-state index contributed by atoms with van der Waals surface area (Å²) in [5, 5.41) is 16.0. The summed E-state index contributed by atoms with van der Waals surface area (Å²) in [5.41, 5.74) is 0.647. The number of rotatable bonds is 9. The number of hydrogen-bond donors (Lipinski definition) is 3. The SMILES string of the molecule is CCO[C@H](CNC(=O)c1cnc(Cl)cc1Cl)[C@@H](O)CNC(=O)c1ccccc1. The highest BCUT2D eigenvalue weighted by Crippen LogP contribution is 2.18. The third-order valence-electron chi connectivity index (χ3n) is 3.85. The first-order valence-corrected chi connectivity index (χ1v) is 9.40. The second-order valence-electron chi connectivity index (χ2n) is 5.83. The monoisotopic (exact) mass is 425 g/mol. The number of aliphatic hydroxyl groups is 1. The third kappa shape index (κ3) is 6.45. The summed E-state index contributed by atoms with van der Waals surface area (Å²) in [5.74, 6) is -0.780. The molecule has 150 valence electrons. The van der Waals surface area contributed by atoms with Crippen molar-refractivity contribution in [1.29, 1.82) is 0 Å². The van der Waals surface area contributed by atoms with E-state index in [1.54, 1.807) is 31.2 Å². The summed E-state index contributed by atoms with van der Waals surface area (Å²) in [6, 6.07) is 10.0. The lowest BCUT2D eigenvalue weighted by molar-refractivity contribution is -0.0287. The molecule has 3 N–H and O–H groups in total. The maximum atomic E-state index is 12.3. The van der Waals surface area contributed by atoms with Gasteiger partial charge in [0.1, 0.15) is 11.3 Å². The molecule has 1 aromatic heterocycles. The molecule has 2 amide bonds. The molecule has 0 saturated carbocycles. The van der Waals surface area contributed by atoms with Crippen LogP contribution < -0.4 is 10.6 Å². The van der Waals surface area contributed by atoms with E-state index in [0.717, 1.165) is 0 Å². The second kappa shape index (κ2) is 11.0. The van der Waals surface area contributed by atoms with Crippen molar-refractivity contribution >= 4 is 35.0 Å². The molecule has 28 heavy (non-hydrogen) atoms. The fraction of sp³-hybridized carbons (Fsp3) is 0.316. The number of ether oxygens (including phenoxy) is 1. The first kappa shape index (κ1) is 22.1. The third-order valence-corrected chi connectivity index (χ3v) is 4.37. The molecule has 0 aliphatic carbocycles. The van der Waals surface area contributed by atoms with Crippen molar-refractivity contribution in [2.45, 2.75) is 19.1 Å². The molecule has 0 bridgehead atoms. The van der Waals surface area contributed by atoms with E-state index in [2.05, 4.69) is 15.6 Å². The molecule has 0 aliphatic heterocycles. The van der Waals surface area contributed by atoms with Gasteiger partial charge >= 0.3 is 0 Å². The molecule has 0 saturated heterocycles. The fourth-order valence-electron chi connectivity index (χ4n) is 2.40. The number of benzene rings is 1. The Labute approximate surface area is 173 Å². The van der Waals surface area contributed by atoms with E-state index in [-0.39, 0.29) is 34.7 Å². The van der Waals surface area contributed by atoms with Crippen LogP contribution >= 0.6 is 23.2 Å². The van der Waals surface area contributed by atoms with Gasteiger partial charge in [0.05, 0.1) is 16.7 Å². The molecule has 0 aliphatic rings. The molecular weight excluding hydrogens is 405 g/mol. The fourth-order valence-corrected chi connectivity index (χ4v) is 2.86. The van der Waals surface area contributed by atoms with Gasteiger partial charge in [-0.3, -0.25) is 9.59 Å². The lowest BCUT2D eigenvalue weighted by Crippen LogP contribution is -2.46. The Bertz CT molecular complexity index is 805. The Kier molecular flexibility index (Phi) is 8.66. The summed E-state index contributed by atoms with van der Waals surface area (Å²) < 4.78 is 5.49. The molecule has 0 unspecified atom stereocenters. The van der Waals surface area contributed by atoms with E-state index in [1.165, 1.54) is 12.3 Å². The Morgan fingerprint density at radius 3 is 2.46 bits per heavy atom. The lowest BCUT2D eigenvalue weighted by Gasteiger charge is -2.23. The van der Waals surface area contributed by atoms with E-state index in [0.29, 0.717) is 12.2 Å². The quantitative estimate of drug-likeness (QED) is 0.535. The standard InChI is InChI=1S/C19H21Cl2N3O4/c1-2-28-16(11-24-19(27)13-9-22-17(21)8-14(13)20)15(25)10-23-18(26)12-6-4-3-5-7-12/h3-9,15-16,25H,2,10-11H2,1H3,(H,23,26)(H,24,27)/t15-,16+/m0/s1. The van der Waals surface area contributed by atoms with E-state index >= 15 is 0 Å². The van der Waals surface area contributed by atoms with Crippen molar-refractivity contribution in [2.24, 2.45) is 0 Å². The summed E-state index contributed by atoms with van der Waals surface area (Å²) in [7, 11) is 0. The first-order chi connectivity index (χ1) is 13.4. The average molecular weight is 426 g/mol. The number of nitrogens with zero attached hydrogens (tertiary/aromatic N) is 1. The van der Waals surface area contributed by atoms with Crippen LogP contribution in [0.4, 0.5) is 0 Å². The first-order valence-electron chi connectivity index (χ1n) is 8.64. The molecule has 1 aromatic carbocycles. The van der Waals surface area contributed by atoms with Crippen molar-refractivity contribution in [1.82, 2.24) is 15.6 Å². The van der Waals surface area contributed by atoms with Gasteiger partial charge in [-0.1, -0.05) is 41.4 Å². The van der Waals surface area contributed by atoms with Crippen LogP contribution in [0.15, 0.2) is 42.6 Å². The number of amides is 2. The maximum absolute atomic E-state index is 12.3. The Morgan fingerprint density at radius 1 is 1.14 bits per heavy atom. The highest BCUT2D eigenvalue weighted by molar-refractivity contribution is 6.36. The van der Waals surface area contributed by atoms with E-state index in [9.17, 15) is 14.7 Å². The summed E-state index contributed by atoms with van der Waals surface area (Å²) in [6.07, 6.45) is -0.470. The number of carbonyl (C=O) groups excluding carboxylic acids is 2. The van der Waals surface area contributed by atoms with Gasteiger partial charge in [0, 0.05) is 31.5 Å². The minimum absolute atomic E-state index is 0.0218. The van der Waals surface area contributed by atoms with Crippen molar-refractivity contribution in [3.8, 4) is 0 Å². The van der Waals surface area contributed by atoms with Crippen molar-refractivity contribution in [2.75, 3.05) is 19.7 Å². The number of carbonyl (C=O) groups is 2. The topological polar surface area (TPSA) is 101 Å². The highest BCUT2D eigenvalue weighted by Gasteiger charge is 2.22. The predicted molar refractivity (Wildman–Crippen MR) is 107 cm³/mol. The van der Waals surface area contributed by atoms with E-state index in [1.807, 2.05) is 6.07 Å². The van der Waals surface area contributed by atoms with E-state index < -0.39 is 18.1 Å². The van der Waals surface area contributed by atoms with Crippen LogP contribution in [0.25, 0.3) is 0 Å².